The van der Waals surface area contributed by atoms with Crippen LogP contribution in [0.5, 0.6) is 0 Å². The first-order valence-corrected chi connectivity index (χ1v) is 7.21. The molecule has 0 spiro atoms. The van der Waals surface area contributed by atoms with E-state index in [1.165, 1.54) is 27.8 Å². The van der Waals surface area contributed by atoms with Crippen LogP contribution in [-0.4, -0.2) is 0 Å². The summed E-state index contributed by atoms with van der Waals surface area (Å²) in [5, 5.41) is 3.48. The third-order valence-corrected chi connectivity index (χ3v) is 3.82. The smallest absolute Gasteiger partial charge is 0.0701 e. The molecule has 0 aromatic heterocycles. The maximum absolute atomic E-state index is 3.89. The Kier molecular flexibility index (Phi) is 3.74. The Labute approximate surface area is 126 Å². The fourth-order valence-electron chi connectivity index (χ4n) is 2.58. The van der Waals surface area contributed by atoms with E-state index in [9.17, 15) is 0 Å². The topological polar surface area (TPSA) is 12.0 Å². The summed E-state index contributed by atoms with van der Waals surface area (Å²) in [4.78, 5) is 0. The Morgan fingerprint density at radius 3 is 2.48 bits per heavy atom. The first kappa shape index (κ1) is 13.4. The lowest BCUT2D eigenvalue weighted by Gasteiger charge is -2.21. The van der Waals surface area contributed by atoms with Crippen molar-refractivity contribution in [1.82, 2.24) is 5.32 Å². The fraction of sp³-hybridized carbons (Fsp3) is 0.100. The lowest BCUT2D eigenvalue weighted by Crippen LogP contribution is -2.17. The van der Waals surface area contributed by atoms with Crippen molar-refractivity contribution in [2.45, 2.75) is 13.0 Å². The molecule has 1 unspecified atom stereocenters. The fourth-order valence-corrected chi connectivity index (χ4v) is 2.58. The van der Waals surface area contributed by atoms with E-state index in [2.05, 4.69) is 79.6 Å². The second kappa shape index (κ2) is 5.84. The maximum atomic E-state index is 3.89. The van der Waals surface area contributed by atoms with E-state index in [0.717, 1.165) is 0 Å². The van der Waals surface area contributed by atoms with Gasteiger partial charge in [-0.3, -0.25) is 0 Å². The quantitative estimate of drug-likeness (QED) is 0.840. The molecule has 0 radical (unpaired) electrons. The van der Waals surface area contributed by atoms with Gasteiger partial charge in [-0.1, -0.05) is 78.9 Å². The number of hydrogen-bond donors (Lipinski definition) is 1. The lowest BCUT2D eigenvalue weighted by atomic mass is 9.96. The summed E-state index contributed by atoms with van der Waals surface area (Å²) in [5.74, 6) is 0. The van der Waals surface area contributed by atoms with Gasteiger partial charge in [0.15, 0.2) is 0 Å². The Morgan fingerprint density at radius 1 is 1.05 bits per heavy atom. The Balaban J connectivity index is 1.83. The maximum Gasteiger partial charge on any atom is 0.0701 e. The number of aryl methyl sites for hydroxylation is 1. The molecule has 1 heteroatoms. The highest BCUT2D eigenvalue weighted by Crippen LogP contribution is 2.26. The predicted molar refractivity (Wildman–Crippen MR) is 90.7 cm³/mol. The SMILES string of the molecule is C=Cc1ccccc1C1C=CC(c2ccc(C)cc2)=CN1. The summed E-state index contributed by atoms with van der Waals surface area (Å²) < 4.78 is 0. The van der Waals surface area contributed by atoms with Crippen LogP contribution in [0.25, 0.3) is 11.6 Å². The number of benzene rings is 2. The Hall–Kier alpha value is -2.54. The average Bonchev–Trinajstić information content (AvgIpc) is 2.56. The molecule has 0 amide bonds. The minimum absolute atomic E-state index is 0.202. The van der Waals surface area contributed by atoms with E-state index < -0.39 is 0 Å². The van der Waals surface area contributed by atoms with Crippen LogP contribution in [0.2, 0.25) is 0 Å². The molecule has 1 N–H and O–H groups in total. The van der Waals surface area contributed by atoms with E-state index in [1.54, 1.807) is 0 Å². The van der Waals surface area contributed by atoms with Gasteiger partial charge in [-0.25, -0.2) is 0 Å². The molecular weight excluding hydrogens is 254 g/mol. The van der Waals surface area contributed by atoms with Gasteiger partial charge in [0, 0.05) is 6.20 Å². The summed E-state index contributed by atoms with van der Waals surface area (Å²) in [6, 6.07) is 17.1. The molecule has 0 saturated carbocycles. The van der Waals surface area contributed by atoms with E-state index in [4.69, 9.17) is 0 Å². The van der Waals surface area contributed by atoms with Gasteiger partial charge < -0.3 is 5.32 Å². The Morgan fingerprint density at radius 2 is 1.81 bits per heavy atom. The Bertz CT molecular complexity index is 705. The van der Waals surface area contributed by atoms with E-state index in [0.29, 0.717) is 0 Å². The molecule has 2 aromatic carbocycles. The summed E-state index contributed by atoms with van der Waals surface area (Å²) in [6.07, 6.45) is 8.39. The van der Waals surface area contributed by atoms with Gasteiger partial charge in [0.2, 0.25) is 0 Å². The van der Waals surface area contributed by atoms with Crippen molar-refractivity contribution in [2.24, 2.45) is 0 Å². The molecule has 1 atom stereocenters. The zero-order valence-corrected chi connectivity index (χ0v) is 12.2. The van der Waals surface area contributed by atoms with Crippen molar-refractivity contribution in [3.63, 3.8) is 0 Å². The number of dihydropyridines is 1. The number of allylic oxidation sites excluding steroid dienone is 2. The van der Waals surface area contributed by atoms with Crippen LogP contribution in [0.15, 0.2) is 73.5 Å². The zero-order valence-electron chi connectivity index (χ0n) is 12.2. The molecule has 21 heavy (non-hydrogen) atoms. The normalized spacial score (nSPS) is 17.0. The van der Waals surface area contributed by atoms with Gasteiger partial charge in [-0.2, -0.15) is 0 Å². The van der Waals surface area contributed by atoms with Crippen LogP contribution < -0.4 is 5.32 Å². The highest BCUT2D eigenvalue weighted by atomic mass is 14.9. The standard InChI is InChI=1S/C20H19N/c1-3-16-6-4-5-7-19(16)20-13-12-18(14-21-20)17-10-8-15(2)9-11-17/h3-14,20-21H,1H2,2H3. The van der Waals surface area contributed by atoms with Gasteiger partial charge in [0.1, 0.15) is 0 Å². The monoisotopic (exact) mass is 273 g/mol. The molecule has 0 fully saturated rings. The van der Waals surface area contributed by atoms with Gasteiger partial charge in [-0.05, 0) is 29.2 Å². The molecule has 1 heterocycles. The molecule has 0 bridgehead atoms. The van der Waals surface area contributed by atoms with Crippen LogP contribution >= 0.6 is 0 Å². The number of rotatable bonds is 3. The van der Waals surface area contributed by atoms with Gasteiger partial charge >= 0.3 is 0 Å². The minimum Gasteiger partial charge on any atom is -0.380 e. The van der Waals surface area contributed by atoms with Gasteiger partial charge in [-0.15, -0.1) is 0 Å². The molecule has 1 aliphatic rings. The third kappa shape index (κ3) is 2.82. The van der Waals surface area contributed by atoms with E-state index in [-0.39, 0.29) is 6.04 Å². The average molecular weight is 273 g/mol. The van der Waals surface area contributed by atoms with Gasteiger partial charge in [0.05, 0.1) is 6.04 Å². The minimum atomic E-state index is 0.202. The molecule has 3 rings (SSSR count). The zero-order chi connectivity index (χ0) is 14.7. The molecule has 2 aromatic rings. The first-order valence-electron chi connectivity index (χ1n) is 7.21. The van der Waals surface area contributed by atoms with Crippen molar-refractivity contribution in [3.8, 4) is 0 Å². The molecule has 104 valence electrons. The van der Waals surface area contributed by atoms with E-state index >= 15 is 0 Å². The molecular formula is C20H19N. The molecule has 1 aliphatic heterocycles. The molecule has 0 saturated heterocycles. The van der Waals surface area contributed by atoms with Crippen molar-refractivity contribution >= 4 is 11.6 Å². The lowest BCUT2D eigenvalue weighted by molar-refractivity contribution is 0.748. The first-order chi connectivity index (χ1) is 10.3. The van der Waals surface area contributed by atoms with Crippen molar-refractivity contribution in [3.05, 3.63) is 95.7 Å². The van der Waals surface area contributed by atoms with Crippen LogP contribution in [0.3, 0.4) is 0 Å². The van der Waals surface area contributed by atoms with Crippen molar-refractivity contribution in [2.75, 3.05) is 0 Å². The van der Waals surface area contributed by atoms with Crippen LogP contribution in [0, 0.1) is 6.92 Å². The summed E-state index contributed by atoms with van der Waals surface area (Å²) >= 11 is 0. The van der Waals surface area contributed by atoms with E-state index in [1.807, 2.05) is 12.1 Å². The van der Waals surface area contributed by atoms with Crippen LogP contribution in [0.1, 0.15) is 28.3 Å². The van der Waals surface area contributed by atoms with Gasteiger partial charge in [0.25, 0.3) is 0 Å². The van der Waals surface area contributed by atoms with Crippen molar-refractivity contribution < 1.29 is 0 Å². The van der Waals surface area contributed by atoms with Crippen molar-refractivity contribution in [1.29, 1.82) is 0 Å². The summed E-state index contributed by atoms with van der Waals surface area (Å²) in [5.41, 5.74) is 6.15. The largest absolute Gasteiger partial charge is 0.380 e. The summed E-state index contributed by atoms with van der Waals surface area (Å²) in [7, 11) is 0. The molecule has 1 nitrogen and oxygen atoms in total. The number of hydrogen-bond acceptors (Lipinski definition) is 1. The van der Waals surface area contributed by atoms with Crippen LogP contribution in [-0.2, 0) is 0 Å². The second-order valence-electron chi connectivity index (χ2n) is 5.30. The molecule has 0 aliphatic carbocycles. The number of nitrogens with one attached hydrogen (secondary N) is 1. The highest BCUT2D eigenvalue weighted by Gasteiger charge is 2.13. The predicted octanol–water partition coefficient (Wildman–Crippen LogP) is 4.88. The third-order valence-electron chi connectivity index (χ3n) is 3.82. The summed E-state index contributed by atoms with van der Waals surface area (Å²) in [6.45, 7) is 6.00. The second-order valence-corrected chi connectivity index (χ2v) is 5.30. The van der Waals surface area contributed by atoms with Crippen LogP contribution in [0.4, 0.5) is 0 Å². The highest BCUT2D eigenvalue weighted by molar-refractivity contribution is 5.75.